The lowest BCUT2D eigenvalue weighted by molar-refractivity contribution is 0.0953. The number of H-pyrrole nitrogens is 1. The van der Waals surface area contributed by atoms with E-state index in [-0.39, 0.29) is 5.91 Å². The van der Waals surface area contributed by atoms with Crippen LogP contribution < -0.4 is 10.6 Å². The van der Waals surface area contributed by atoms with Gasteiger partial charge in [-0.2, -0.15) is 5.10 Å². The fraction of sp³-hybridized carbons (Fsp3) is 0.192. The standard InChI is InChI=1S/C26H28N6O/c1-32(2)17-7-16-28-26(33)22-9-3-4-10-23(22)29-20-11-13-21-24(30-31-25(21)18-20)14-12-19-8-5-6-15-27-19/h3-6,8-15,18,29H,7,16-17H2,1-2H3,(H,28,33)(H,30,31)/b14-12+. The summed E-state index contributed by atoms with van der Waals surface area (Å²) in [7, 11) is 4.05. The predicted molar refractivity (Wildman–Crippen MR) is 134 cm³/mol. The molecule has 33 heavy (non-hydrogen) atoms. The van der Waals surface area contributed by atoms with Gasteiger partial charge in [0.1, 0.15) is 0 Å². The van der Waals surface area contributed by atoms with Gasteiger partial charge in [0.25, 0.3) is 5.91 Å². The van der Waals surface area contributed by atoms with E-state index in [1.165, 1.54) is 0 Å². The molecule has 0 unspecified atom stereocenters. The molecular weight excluding hydrogens is 412 g/mol. The highest BCUT2D eigenvalue weighted by atomic mass is 16.1. The molecule has 0 spiro atoms. The van der Waals surface area contributed by atoms with Crippen LogP contribution in [0, 0.1) is 0 Å². The number of amides is 1. The highest BCUT2D eigenvalue weighted by Crippen LogP contribution is 2.26. The Hall–Kier alpha value is -3.97. The van der Waals surface area contributed by atoms with Crippen molar-refractivity contribution in [1.82, 2.24) is 25.4 Å². The average Bonchev–Trinajstić information content (AvgIpc) is 3.23. The van der Waals surface area contributed by atoms with E-state index >= 15 is 0 Å². The second kappa shape index (κ2) is 10.6. The van der Waals surface area contributed by atoms with Crippen molar-refractivity contribution in [2.24, 2.45) is 0 Å². The van der Waals surface area contributed by atoms with E-state index in [1.807, 2.05) is 86.9 Å². The second-order valence-electron chi connectivity index (χ2n) is 8.04. The summed E-state index contributed by atoms with van der Waals surface area (Å²) in [6.45, 7) is 1.57. The number of nitrogens with zero attached hydrogens (tertiary/aromatic N) is 3. The van der Waals surface area contributed by atoms with Crippen LogP contribution in [-0.2, 0) is 0 Å². The first-order valence-electron chi connectivity index (χ1n) is 11.0. The number of rotatable bonds is 9. The molecule has 2 aromatic carbocycles. The van der Waals surface area contributed by atoms with E-state index in [0.29, 0.717) is 12.1 Å². The van der Waals surface area contributed by atoms with Gasteiger partial charge in [0.05, 0.1) is 28.2 Å². The number of para-hydroxylation sites is 1. The number of anilines is 2. The number of hydrogen-bond donors (Lipinski definition) is 3. The minimum absolute atomic E-state index is 0.0820. The van der Waals surface area contributed by atoms with Gasteiger partial charge >= 0.3 is 0 Å². The monoisotopic (exact) mass is 440 g/mol. The molecule has 0 saturated carbocycles. The first-order valence-corrected chi connectivity index (χ1v) is 11.0. The smallest absolute Gasteiger partial charge is 0.253 e. The molecule has 0 bridgehead atoms. The van der Waals surface area contributed by atoms with Gasteiger partial charge in [-0.1, -0.05) is 18.2 Å². The summed E-state index contributed by atoms with van der Waals surface area (Å²) in [4.78, 5) is 19.1. The minimum Gasteiger partial charge on any atom is -0.355 e. The third-order valence-electron chi connectivity index (χ3n) is 5.21. The lowest BCUT2D eigenvalue weighted by Crippen LogP contribution is -2.27. The van der Waals surface area contributed by atoms with Crippen molar-refractivity contribution in [3.05, 3.63) is 83.8 Å². The highest BCUT2D eigenvalue weighted by molar-refractivity contribution is 6.00. The van der Waals surface area contributed by atoms with Gasteiger partial charge in [0, 0.05) is 23.8 Å². The first kappa shape index (κ1) is 22.2. The zero-order valence-electron chi connectivity index (χ0n) is 18.9. The topological polar surface area (TPSA) is 85.9 Å². The van der Waals surface area contributed by atoms with E-state index in [9.17, 15) is 4.79 Å². The SMILES string of the molecule is CN(C)CCCNC(=O)c1ccccc1Nc1ccc2c(/C=C/c3ccccn3)n[nH]c2c1. The van der Waals surface area contributed by atoms with E-state index in [1.54, 1.807) is 6.20 Å². The maximum atomic E-state index is 12.7. The summed E-state index contributed by atoms with van der Waals surface area (Å²) in [5.41, 5.74) is 4.89. The molecule has 7 heteroatoms. The molecule has 168 valence electrons. The maximum absolute atomic E-state index is 12.7. The number of nitrogens with one attached hydrogen (secondary N) is 3. The lowest BCUT2D eigenvalue weighted by atomic mass is 10.1. The van der Waals surface area contributed by atoms with Crippen LogP contribution in [0.1, 0.15) is 28.2 Å². The number of fused-ring (bicyclic) bond motifs is 1. The van der Waals surface area contributed by atoms with Gasteiger partial charge in [-0.25, -0.2) is 0 Å². The van der Waals surface area contributed by atoms with Gasteiger partial charge in [-0.15, -0.1) is 0 Å². The highest BCUT2D eigenvalue weighted by Gasteiger charge is 2.11. The van der Waals surface area contributed by atoms with Gasteiger partial charge in [0.2, 0.25) is 0 Å². The van der Waals surface area contributed by atoms with Gasteiger partial charge in [0.15, 0.2) is 0 Å². The quantitative estimate of drug-likeness (QED) is 0.332. The maximum Gasteiger partial charge on any atom is 0.253 e. The average molecular weight is 441 g/mol. The molecule has 0 aliphatic heterocycles. The molecule has 0 aliphatic rings. The third-order valence-corrected chi connectivity index (χ3v) is 5.21. The third kappa shape index (κ3) is 5.84. The molecule has 2 heterocycles. The summed E-state index contributed by atoms with van der Waals surface area (Å²) in [6, 6.07) is 19.3. The van der Waals surface area contributed by atoms with Crippen LogP contribution in [0.3, 0.4) is 0 Å². The van der Waals surface area contributed by atoms with Crippen LogP contribution in [0.2, 0.25) is 0 Å². The van der Waals surface area contributed by atoms with Crippen LogP contribution in [-0.4, -0.2) is 53.2 Å². The number of carbonyl (C=O) groups excluding carboxylic acids is 1. The predicted octanol–water partition coefficient (Wildman–Crippen LogP) is 4.55. The van der Waals surface area contributed by atoms with Crippen molar-refractivity contribution in [2.75, 3.05) is 32.5 Å². The van der Waals surface area contributed by atoms with Crippen molar-refractivity contribution in [2.45, 2.75) is 6.42 Å². The molecule has 3 N–H and O–H groups in total. The summed E-state index contributed by atoms with van der Waals surface area (Å²) in [5, 5.41) is 14.9. The van der Waals surface area contributed by atoms with Crippen LogP contribution in [0.4, 0.5) is 11.4 Å². The zero-order valence-corrected chi connectivity index (χ0v) is 18.9. The van der Waals surface area contributed by atoms with E-state index in [4.69, 9.17) is 0 Å². The van der Waals surface area contributed by atoms with Crippen LogP contribution in [0.25, 0.3) is 23.1 Å². The first-order chi connectivity index (χ1) is 16.1. The van der Waals surface area contributed by atoms with Crippen molar-refractivity contribution < 1.29 is 4.79 Å². The molecule has 2 aromatic heterocycles. The normalized spacial score (nSPS) is 11.4. The van der Waals surface area contributed by atoms with Crippen molar-refractivity contribution in [1.29, 1.82) is 0 Å². The van der Waals surface area contributed by atoms with E-state index < -0.39 is 0 Å². The molecule has 7 nitrogen and oxygen atoms in total. The summed E-state index contributed by atoms with van der Waals surface area (Å²) < 4.78 is 0. The number of aromatic amines is 1. The molecule has 0 saturated heterocycles. The molecule has 4 aromatic rings. The van der Waals surface area contributed by atoms with Gasteiger partial charge in [-0.3, -0.25) is 14.9 Å². The largest absolute Gasteiger partial charge is 0.355 e. The molecule has 0 fully saturated rings. The molecule has 1 amide bonds. The number of carbonyl (C=O) groups is 1. The Balaban J connectivity index is 1.47. The van der Waals surface area contributed by atoms with Gasteiger partial charge < -0.3 is 15.5 Å². The van der Waals surface area contributed by atoms with Crippen molar-refractivity contribution >= 4 is 40.3 Å². The molecule has 0 radical (unpaired) electrons. The number of benzene rings is 2. The Bertz CT molecular complexity index is 1250. The zero-order chi connectivity index (χ0) is 23.0. The molecular formula is C26H28N6O. The Kier molecular flexibility index (Phi) is 7.12. The Labute approximate surface area is 193 Å². The van der Waals surface area contributed by atoms with Crippen molar-refractivity contribution in [3.8, 4) is 0 Å². The fourth-order valence-corrected chi connectivity index (χ4v) is 3.52. The Morgan fingerprint density at radius 2 is 1.91 bits per heavy atom. The number of aromatic nitrogens is 3. The number of pyridine rings is 1. The van der Waals surface area contributed by atoms with Crippen molar-refractivity contribution in [3.63, 3.8) is 0 Å². The summed E-state index contributed by atoms with van der Waals surface area (Å²) in [5.74, 6) is -0.0820. The van der Waals surface area contributed by atoms with E-state index in [2.05, 4.69) is 30.7 Å². The summed E-state index contributed by atoms with van der Waals surface area (Å²) >= 11 is 0. The van der Waals surface area contributed by atoms with Gasteiger partial charge in [-0.05, 0) is 81.7 Å². The fourth-order valence-electron chi connectivity index (χ4n) is 3.52. The van der Waals surface area contributed by atoms with Crippen LogP contribution >= 0.6 is 0 Å². The lowest BCUT2D eigenvalue weighted by Gasteiger charge is -2.13. The van der Waals surface area contributed by atoms with E-state index in [0.717, 1.165) is 46.6 Å². The van der Waals surface area contributed by atoms with Crippen LogP contribution in [0.5, 0.6) is 0 Å². The van der Waals surface area contributed by atoms with Crippen LogP contribution in [0.15, 0.2) is 66.9 Å². The summed E-state index contributed by atoms with van der Waals surface area (Å²) in [6.07, 6.45) is 6.56. The Morgan fingerprint density at radius 1 is 1.06 bits per heavy atom. The molecule has 0 atom stereocenters. The minimum atomic E-state index is -0.0820. The molecule has 0 aliphatic carbocycles. The molecule has 4 rings (SSSR count). The second-order valence-corrected chi connectivity index (χ2v) is 8.04. The Morgan fingerprint density at radius 3 is 2.73 bits per heavy atom. The number of hydrogen-bond acceptors (Lipinski definition) is 5.